The van der Waals surface area contributed by atoms with Gasteiger partial charge in [-0.05, 0) is 54.3 Å². The van der Waals surface area contributed by atoms with E-state index in [1.165, 1.54) is 0 Å². The average molecular weight is 512 g/mol. The van der Waals surface area contributed by atoms with Crippen molar-refractivity contribution in [1.82, 2.24) is 19.3 Å². The molecule has 1 fully saturated rings. The van der Waals surface area contributed by atoms with Gasteiger partial charge in [-0.1, -0.05) is 29.3 Å². The van der Waals surface area contributed by atoms with Crippen LogP contribution in [0.25, 0.3) is 22.0 Å². The molecular formula is C25H23Cl2N5O3. The molecular weight excluding hydrogens is 489 g/mol. The van der Waals surface area contributed by atoms with Crippen LogP contribution in [0.5, 0.6) is 0 Å². The Balaban J connectivity index is 1.44. The number of aliphatic carboxylic acids is 1. The quantitative estimate of drug-likeness (QED) is 0.425. The fraction of sp³-hybridized carbons (Fsp3) is 0.280. The van der Waals surface area contributed by atoms with Crippen molar-refractivity contribution in [3.8, 4) is 11.1 Å². The summed E-state index contributed by atoms with van der Waals surface area (Å²) in [5, 5.41) is 11.0. The minimum atomic E-state index is -0.742. The van der Waals surface area contributed by atoms with E-state index in [2.05, 4.69) is 9.97 Å². The van der Waals surface area contributed by atoms with Crippen molar-refractivity contribution < 1.29 is 9.90 Å². The zero-order valence-corrected chi connectivity index (χ0v) is 20.5. The van der Waals surface area contributed by atoms with Crippen LogP contribution in [0.2, 0.25) is 10.0 Å². The van der Waals surface area contributed by atoms with Crippen LogP contribution in [0.1, 0.15) is 18.4 Å². The third kappa shape index (κ3) is 4.51. The van der Waals surface area contributed by atoms with Gasteiger partial charge in [0.15, 0.2) is 0 Å². The fourth-order valence-corrected chi connectivity index (χ4v) is 4.90. The number of carboxylic acids is 1. The number of nitrogens with zero attached hydrogens (tertiary/aromatic N) is 5. The molecule has 1 saturated heterocycles. The molecule has 180 valence electrons. The standard InChI is InChI=1S/C25H23Cl2N5O3/c1-30-23(33)20-4-2-16(11-22(20)32(30)14-17-10-19(26)3-5-21(17)27)18-12-28-25(29-13-18)31-8-6-15(7-9-31)24(34)35/h2-5,10-13,15H,6-9,14H2,1H3,(H,34,35). The molecule has 35 heavy (non-hydrogen) atoms. The van der Waals surface area contributed by atoms with Gasteiger partial charge in [0.25, 0.3) is 5.56 Å². The molecule has 3 heterocycles. The molecule has 5 rings (SSSR count). The Morgan fingerprint density at radius 1 is 1.06 bits per heavy atom. The van der Waals surface area contributed by atoms with E-state index in [-0.39, 0.29) is 11.5 Å². The molecule has 8 nitrogen and oxygen atoms in total. The average Bonchev–Trinajstić information content (AvgIpc) is 3.10. The number of fused-ring (bicyclic) bond motifs is 1. The normalized spacial score (nSPS) is 14.5. The summed E-state index contributed by atoms with van der Waals surface area (Å²) < 4.78 is 3.45. The molecule has 10 heteroatoms. The van der Waals surface area contributed by atoms with E-state index in [1.54, 1.807) is 42.3 Å². The van der Waals surface area contributed by atoms with Crippen molar-refractivity contribution in [3.63, 3.8) is 0 Å². The van der Waals surface area contributed by atoms with Crippen molar-refractivity contribution in [2.45, 2.75) is 19.4 Å². The first-order chi connectivity index (χ1) is 16.8. The molecule has 1 N–H and O–H groups in total. The lowest BCUT2D eigenvalue weighted by molar-refractivity contribution is -0.142. The van der Waals surface area contributed by atoms with Crippen molar-refractivity contribution in [2.75, 3.05) is 18.0 Å². The molecule has 0 radical (unpaired) electrons. The van der Waals surface area contributed by atoms with Crippen molar-refractivity contribution in [3.05, 3.63) is 74.8 Å². The maximum absolute atomic E-state index is 12.8. The fourth-order valence-electron chi connectivity index (χ4n) is 4.53. The van der Waals surface area contributed by atoms with E-state index in [0.717, 1.165) is 22.2 Å². The van der Waals surface area contributed by atoms with Crippen molar-refractivity contribution >= 4 is 46.0 Å². The van der Waals surface area contributed by atoms with Crippen LogP contribution in [-0.4, -0.2) is 43.5 Å². The summed E-state index contributed by atoms with van der Waals surface area (Å²) in [6.45, 7) is 1.62. The van der Waals surface area contributed by atoms with Gasteiger partial charge in [0.1, 0.15) is 0 Å². The number of halogens is 2. The second-order valence-corrected chi connectivity index (χ2v) is 9.57. The highest BCUT2D eigenvalue weighted by molar-refractivity contribution is 6.33. The van der Waals surface area contributed by atoms with Crippen LogP contribution < -0.4 is 10.5 Å². The van der Waals surface area contributed by atoms with E-state index in [0.29, 0.717) is 53.9 Å². The summed E-state index contributed by atoms with van der Waals surface area (Å²) in [7, 11) is 1.73. The van der Waals surface area contributed by atoms with Crippen LogP contribution in [0, 0.1) is 5.92 Å². The first-order valence-corrected chi connectivity index (χ1v) is 12.0. The number of benzene rings is 2. The van der Waals surface area contributed by atoms with E-state index >= 15 is 0 Å². The Morgan fingerprint density at radius 3 is 2.46 bits per heavy atom. The van der Waals surface area contributed by atoms with Gasteiger partial charge in [0.05, 0.1) is 23.4 Å². The summed E-state index contributed by atoms with van der Waals surface area (Å²) in [4.78, 5) is 35.1. The first-order valence-electron chi connectivity index (χ1n) is 11.3. The minimum absolute atomic E-state index is 0.0962. The predicted octanol–water partition coefficient (Wildman–Crippen LogP) is 4.45. The van der Waals surface area contributed by atoms with Crippen molar-refractivity contribution in [2.24, 2.45) is 13.0 Å². The van der Waals surface area contributed by atoms with Gasteiger partial charge < -0.3 is 10.0 Å². The van der Waals surface area contributed by atoms with Gasteiger partial charge >= 0.3 is 5.97 Å². The smallest absolute Gasteiger partial charge is 0.306 e. The third-order valence-electron chi connectivity index (χ3n) is 6.59. The zero-order valence-electron chi connectivity index (χ0n) is 19.0. The Labute approximate surface area is 211 Å². The summed E-state index contributed by atoms with van der Waals surface area (Å²) in [6, 6.07) is 10.9. The lowest BCUT2D eigenvalue weighted by atomic mass is 9.97. The van der Waals surface area contributed by atoms with Gasteiger partial charge in [-0.3, -0.25) is 19.0 Å². The molecule has 0 unspecified atom stereocenters. The molecule has 0 aliphatic carbocycles. The minimum Gasteiger partial charge on any atom is -0.481 e. The molecule has 0 saturated carbocycles. The maximum atomic E-state index is 12.8. The number of aromatic nitrogens is 4. The molecule has 2 aromatic heterocycles. The summed E-state index contributed by atoms with van der Waals surface area (Å²) >= 11 is 12.5. The second kappa shape index (κ2) is 9.36. The Morgan fingerprint density at radius 2 is 1.77 bits per heavy atom. The highest BCUT2D eigenvalue weighted by Gasteiger charge is 2.25. The van der Waals surface area contributed by atoms with E-state index in [4.69, 9.17) is 23.2 Å². The molecule has 2 aromatic carbocycles. The van der Waals surface area contributed by atoms with Crippen LogP contribution in [-0.2, 0) is 18.4 Å². The second-order valence-electron chi connectivity index (χ2n) is 8.73. The lowest BCUT2D eigenvalue weighted by Crippen LogP contribution is -2.37. The lowest BCUT2D eigenvalue weighted by Gasteiger charge is -2.30. The number of carboxylic acid groups (broad SMARTS) is 1. The van der Waals surface area contributed by atoms with Gasteiger partial charge in [0.2, 0.25) is 5.95 Å². The first kappa shape index (κ1) is 23.4. The van der Waals surface area contributed by atoms with E-state index in [1.807, 2.05) is 27.8 Å². The highest BCUT2D eigenvalue weighted by Crippen LogP contribution is 2.27. The number of hydrogen-bond donors (Lipinski definition) is 1. The van der Waals surface area contributed by atoms with Crippen LogP contribution in [0.3, 0.4) is 0 Å². The third-order valence-corrected chi connectivity index (χ3v) is 7.19. The Kier molecular flexibility index (Phi) is 6.25. The Hall–Kier alpha value is -3.36. The zero-order chi connectivity index (χ0) is 24.7. The van der Waals surface area contributed by atoms with Gasteiger partial charge in [-0.2, -0.15) is 0 Å². The Bertz CT molecular complexity index is 1470. The predicted molar refractivity (Wildman–Crippen MR) is 136 cm³/mol. The van der Waals surface area contributed by atoms with Crippen LogP contribution >= 0.6 is 23.2 Å². The molecule has 0 amide bonds. The summed E-state index contributed by atoms with van der Waals surface area (Å²) in [6.07, 6.45) is 4.68. The summed E-state index contributed by atoms with van der Waals surface area (Å²) in [5.74, 6) is -0.457. The largest absolute Gasteiger partial charge is 0.481 e. The van der Waals surface area contributed by atoms with Crippen LogP contribution in [0.15, 0.2) is 53.6 Å². The molecule has 1 aliphatic heterocycles. The van der Waals surface area contributed by atoms with Crippen LogP contribution in [0.4, 0.5) is 5.95 Å². The molecule has 0 atom stereocenters. The van der Waals surface area contributed by atoms with Gasteiger partial charge in [0, 0.05) is 48.1 Å². The highest BCUT2D eigenvalue weighted by atomic mass is 35.5. The monoisotopic (exact) mass is 511 g/mol. The van der Waals surface area contributed by atoms with Gasteiger partial charge in [-0.15, -0.1) is 0 Å². The maximum Gasteiger partial charge on any atom is 0.306 e. The number of hydrogen-bond acceptors (Lipinski definition) is 5. The molecule has 1 aliphatic rings. The number of rotatable bonds is 5. The van der Waals surface area contributed by atoms with E-state index in [9.17, 15) is 14.7 Å². The SMILES string of the molecule is Cn1c(=O)c2ccc(-c3cnc(N4CCC(C(=O)O)CC4)nc3)cc2n1Cc1cc(Cl)ccc1Cl. The number of piperidine rings is 1. The topological polar surface area (TPSA) is 93.2 Å². The van der Waals surface area contributed by atoms with E-state index < -0.39 is 5.97 Å². The molecule has 0 bridgehead atoms. The number of anilines is 1. The summed E-state index contributed by atoms with van der Waals surface area (Å²) in [5.41, 5.74) is 3.19. The number of carbonyl (C=O) groups is 1. The van der Waals surface area contributed by atoms with Gasteiger partial charge in [-0.25, -0.2) is 9.97 Å². The molecule has 4 aromatic rings. The van der Waals surface area contributed by atoms with Crippen molar-refractivity contribution in [1.29, 1.82) is 0 Å². The molecule has 0 spiro atoms.